The average Bonchev–Trinajstić information content (AvgIpc) is 2.96. The molecular formula is C31H28ClN3O4. The first kappa shape index (κ1) is 26.5. The molecule has 1 heterocycles. The van der Waals surface area contributed by atoms with Crippen molar-refractivity contribution in [3.05, 3.63) is 94.1 Å². The predicted octanol–water partition coefficient (Wildman–Crippen LogP) is 6.28. The first-order chi connectivity index (χ1) is 18.9. The highest BCUT2D eigenvalue weighted by Crippen LogP contribution is 2.30. The van der Waals surface area contributed by atoms with Gasteiger partial charge in [0.15, 0.2) is 5.78 Å². The molecule has 198 valence electrons. The van der Waals surface area contributed by atoms with Crippen LogP contribution in [0.3, 0.4) is 0 Å². The number of esters is 1. The molecule has 39 heavy (non-hydrogen) atoms. The molecule has 0 fully saturated rings. The van der Waals surface area contributed by atoms with Gasteiger partial charge >= 0.3 is 5.97 Å². The van der Waals surface area contributed by atoms with Gasteiger partial charge in [-0.1, -0.05) is 48.0 Å². The lowest BCUT2D eigenvalue weighted by atomic mass is 9.87. The van der Waals surface area contributed by atoms with Crippen molar-refractivity contribution in [1.82, 2.24) is 15.3 Å². The van der Waals surface area contributed by atoms with Crippen molar-refractivity contribution in [2.45, 2.75) is 44.6 Å². The summed E-state index contributed by atoms with van der Waals surface area (Å²) in [6.45, 7) is 0. The molecule has 0 spiro atoms. The van der Waals surface area contributed by atoms with Gasteiger partial charge in [0.25, 0.3) is 5.91 Å². The number of ketones is 1. The number of aryl methyl sites for hydroxylation is 1. The maximum Gasteiger partial charge on any atom is 0.305 e. The second-order valence-corrected chi connectivity index (χ2v) is 10.0. The van der Waals surface area contributed by atoms with E-state index in [4.69, 9.17) is 16.6 Å². The fourth-order valence-corrected chi connectivity index (χ4v) is 5.08. The van der Waals surface area contributed by atoms with Crippen LogP contribution in [0.1, 0.15) is 70.1 Å². The van der Waals surface area contributed by atoms with Crippen LogP contribution in [0.15, 0.2) is 66.7 Å². The quantitative estimate of drug-likeness (QED) is 0.208. The van der Waals surface area contributed by atoms with Crippen molar-refractivity contribution < 1.29 is 19.1 Å². The zero-order chi connectivity index (χ0) is 27.4. The van der Waals surface area contributed by atoms with Gasteiger partial charge in [0.1, 0.15) is 11.4 Å². The van der Waals surface area contributed by atoms with E-state index in [0.29, 0.717) is 39.3 Å². The van der Waals surface area contributed by atoms with Gasteiger partial charge in [-0.15, -0.1) is 0 Å². The van der Waals surface area contributed by atoms with Crippen LogP contribution < -0.4 is 5.32 Å². The lowest BCUT2D eigenvalue weighted by Crippen LogP contribution is -2.31. The molecule has 0 saturated carbocycles. The average molecular weight is 542 g/mol. The summed E-state index contributed by atoms with van der Waals surface area (Å²) >= 11 is 6.07. The number of nitrogens with zero attached hydrogens (tertiary/aromatic N) is 2. The van der Waals surface area contributed by atoms with Gasteiger partial charge in [-0.2, -0.15) is 0 Å². The van der Waals surface area contributed by atoms with Crippen LogP contribution in [0.25, 0.3) is 22.3 Å². The summed E-state index contributed by atoms with van der Waals surface area (Å²) in [5, 5.41) is 3.73. The van der Waals surface area contributed by atoms with Crippen LogP contribution in [0, 0.1) is 0 Å². The number of nitrogens with one attached hydrogen (secondary N) is 1. The minimum atomic E-state index is -0.374. The van der Waals surface area contributed by atoms with E-state index in [0.717, 1.165) is 24.8 Å². The standard InChI is InChI=1S/C31H28ClN3O4/c1-39-28(37)11-5-10-27(36)30-29(20-12-15-22(32)16-13-20)33-25-17-14-21(18-26(25)34-30)31(38)35-24-9-4-7-19-6-2-3-8-23(19)24/h2-3,6,8,12-18,24H,4-5,7,9-11H2,1H3,(H,35,38)/t24-/m1/s1. The lowest BCUT2D eigenvalue weighted by Gasteiger charge is -2.26. The smallest absolute Gasteiger partial charge is 0.305 e. The Kier molecular flexibility index (Phi) is 7.98. The molecule has 0 aliphatic heterocycles. The molecule has 1 amide bonds. The van der Waals surface area contributed by atoms with Gasteiger partial charge in [0.2, 0.25) is 0 Å². The molecule has 1 N–H and O–H groups in total. The monoisotopic (exact) mass is 541 g/mol. The fourth-order valence-electron chi connectivity index (χ4n) is 4.96. The Hall–Kier alpha value is -4.10. The minimum Gasteiger partial charge on any atom is -0.469 e. The minimum absolute atomic E-state index is 0.0524. The number of Topliss-reactive ketones (excluding diaryl/α,β-unsaturated/α-hetero) is 1. The largest absolute Gasteiger partial charge is 0.469 e. The Bertz CT molecular complexity index is 1550. The van der Waals surface area contributed by atoms with Gasteiger partial charge in [-0.25, -0.2) is 9.97 Å². The van der Waals surface area contributed by atoms with Crippen molar-refractivity contribution >= 4 is 40.3 Å². The Morgan fingerprint density at radius 1 is 0.974 bits per heavy atom. The first-order valence-corrected chi connectivity index (χ1v) is 13.4. The Balaban J connectivity index is 1.46. The second kappa shape index (κ2) is 11.7. The summed E-state index contributed by atoms with van der Waals surface area (Å²) in [4.78, 5) is 47.5. The van der Waals surface area contributed by atoms with Crippen LogP contribution in [-0.2, 0) is 16.0 Å². The number of carbonyl (C=O) groups excluding carboxylic acids is 3. The molecule has 3 aromatic carbocycles. The van der Waals surface area contributed by atoms with Crippen LogP contribution in [0.2, 0.25) is 5.02 Å². The van der Waals surface area contributed by atoms with Crippen LogP contribution >= 0.6 is 11.6 Å². The van der Waals surface area contributed by atoms with E-state index < -0.39 is 0 Å². The lowest BCUT2D eigenvalue weighted by molar-refractivity contribution is -0.140. The molecule has 4 aromatic rings. The van der Waals surface area contributed by atoms with Crippen molar-refractivity contribution in [3.63, 3.8) is 0 Å². The number of amides is 1. The molecule has 1 aliphatic rings. The van der Waals surface area contributed by atoms with E-state index in [9.17, 15) is 14.4 Å². The number of methoxy groups -OCH3 is 1. The van der Waals surface area contributed by atoms with E-state index in [1.165, 1.54) is 12.7 Å². The summed E-state index contributed by atoms with van der Waals surface area (Å²) < 4.78 is 4.68. The van der Waals surface area contributed by atoms with Crippen LogP contribution in [0.5, 0.6) is 0 Å². The molecule has 0 bridgehead atoms. The van der Waals surface area contributed by atoms with Crippen LogP contribution in [0.4, 0.5) is 0 Å². The van der Waals surface area contributed by atoms with Crippen molar-refractivity contribution in [1.29, 1.82) is 0 Å². The normalized spacial score (nSPS) is 14.5. The van der Waals surface area contributed by atoms with Crippen molar-refractivity contribution in [2.24, 2.45) is 0 Å². The maximum absolute atomic E-state index is 13.3. The number of halogens is 1. The SMILES string of the molecule is COC(=O)CCCC(=O)c1nc2cc(C(=O)N[C@@H]3CCCc4ccccc43)ccc2nc1-c1ccc(Cl)cc1. The molecule has 1 atom stereocenters. The highest BCUT2D eigenvalue weighted by molar-refractivity contribution is 6.30. The highest BCUT2D eigenvalue weighted by Gasteiger charge is 2.23. The molecule has 5 rings (SSSR count). The number of rotatable bonds is 8. The van der Waals surface area contributed by atoms with E-state index >= 15 is 0 Å². The first-order valence-electron chi connectivity index (χ1n) is 13.0. The van der Waals surface area contributed by atoms with Crippen molar-refractivity contribution in [2.75, 3.05) is 7.11 Å². The fraction of sp³-hybridized carbons (Fsp3) is 0.258. The number of hydrogen-bond donors (Lipinski definition) is 1. The topological polar surface area (TPSA) is 98.3 Å². The summed E-state index contributed by atoms with van der Waals surface area (Å²) in [5.41, 5.74) is 5.19. The third-order valence-electron chi connectivity index (χ3n) is 7.00. The number of ether oxygens (including phenoxy) is 1. The predicted molar refractivity (Wildman–Crippen MR) is 150 cm³/mol. The molecule has 0 saturated heterocycles. The molecule has 8 heteroatoms. The van der Waals surface area contributed by atoms with Gasteiger partial charge in [0.05, 0.1) is 24.2 Å². The number of carbonyl (C=O) groups is 3. The summed E-state index contributed by atoms with van der Waals surface area (Å²) in [7, 11) is 1.32. The maximum atomic E-state index is 13.3. The Morgan fingerprint density at radius 3 is 2.56 bits per heavy atom. The molecule has 0 unspecified atom stereocenters. The highest BCUT2D eigenvalue weighted by atomic mass is 35.5. The Labute approximate surface area is 231 Å². The van der Waals surface area contributed by atoms with E-state index in [-0.39, 0.29) is 42.2 Å². The summed E-state index contributed by atoms with van der Waals surface area (Å²) in [6, 6.07) is 20.3. The van der Waals surface area contributed by atoms with Gasteiger partial charge in [-0.05, 0) is 67.1 Å². The van der Waals surface area contributed by atoms with E-state index in [1.54, 1.807) is 42.5 Å². The van der Waals surface area contributed by atoms with Crippen molar-refractivity contribution in [3.8, 4) is 11.3 Å². The molecule has 1 aliphatic carbocycles. The molecular weight excluding hydrogens is 514 g/mol. The zero-order valence-corrected chi connectivity index (χ0v) is 22.3. The van der Waals surface area contributed by atoms with Gasteiger partial charge in [0, 0.05) is 29.0 Å². The van der Waals surface area contributed by atoms with Crippen LogP contribution in [-0.4, -0.2) is 34.7 Å². The molecule has 1 aromatic heterocycles. The zero-order valence-electron chi connectivity index (χ0n) is 21.6. The summed E-state index contributed by atoms with van der Waals surface area (Å²) in [6.07, 6.45) is 3.48. The van der Waals surface area contributed by atoms with E-state index in [2.05, 4.69) is 27.2 Å². The third kappa shape index (κ3) is 5.99. The number of aromatic nitrogens is 2. The Morgan fingerprint density at radius 2 is 1.77 bits per heavy atom. The van der Waals surface area contributed by atoms with E-state index in [1.807, 2.05) is 12.1 Å². The summed E-state index contributed by atoms with van der Waals surface area (Å²) in [5.74, 6) is -0.818. The molecule has 0 radical (unpaired) electrons. The second-order valence-electron chi connectivity index (χ2n) is 9.60. The number of fused-ring (bicyclic) bond motifs is 2. The number of benzene rings is 3. The molecule has 7 nitrogen and oxygen atoms in total. The van der Waals surface area contributed by atoms with Gasteiger partial charge in [-0.3, -0.25) is 14.4 Å². The number of hydrogen-bond acceptors (Lipinski definition) is 6. The third-order valence-corrected chi connectivity index (χ3v) is 7.25. The van der Waals surface area contributed by atoms with Gasteiger partial charge < -0.3 is 10.1 Å².